The number of aromatic amines is 1. The van der Waals surface area contributed by atoms with Gasteiger partial charge in [0.1, 0.15) is 17.2 Å². The van der Waals surface area contributed by atoms with E-state index in [2.05, 4.69) is 25.2 Å². The number of anilines is 1. The number of rotatable bonds is 5. The van der Waals surface area contributed by atoms with Gasteiger partial charge < -0.3 is 10.3 Å². The molecule has 3 heterocycles. The number of carbonyl (C=O) groups is 1. The number of alkyl halides is 3. The Balaban J connectivity index is 1.43. The summed E-state index contributed by atoms with van der Waals surface area (Å²) in [6, 6.07) is 15.6. The van der Waals surface area contributed by atoms with Gasteiger partial charge in [0, 0.05) is 12.1 Å². The van der Waals surface area contributed by atoms with Crippen molar-refractivity contribution >= 4 is 22.8 Å². The number of pyridine rings is 1. The van der Waals surface area contributed by atoms with Crippen molar-refractivity contribution in [2.45, 2.75) is 25.6 Å². The van der Waals surface area contributed by atoms with Crippen LogP contribution in [-0.4, -0.2) is 38.8 Å². The standard InChI is InChI=1S/C25H22F3N5O/c26-25(27,28)19-10-2-1-8-17(19)23-30-20-11-6-9-18(22(20)32-23)24(34)31-21-12-5-7-16(29-21)15-33-13-3-4-14-33/h1-2,5-12H,3-4,13-15H2,(H,30,32)(H,29,31,34). The number of H-pyrrole nitrogens is 1. The highest BCUT2D eigenvalue weighted by molar-refractivity contribution is 6.11. The average Bonchev–Trinajstić information content (AvgIpc) is 3.48. The first-order valence-electron chi connectivity index (χ1n) is 11.0. The minimum Gasteiger partial charge on any atom is -0.338 e. The summed E-state index contributed by atoms with van der Waals surface area (Å²) in [6.45, 7) is 2.80. The summed E-state index contributed by atoms with van der Waals surface area (Å²) in [6.07, 6.45) is -2.17. The van der Waals surface area contributed by atoms with Gasteiger partial charge in [0.25, 0.3) is 5.91 Å². The Hall–Kier alpha value is -3.72. The second-order valence-corrected chi connectivity index (χ2v) is 8.28. The van der Waals surface area contributed by atoms with Gasteiger partial charge in [-0.25, -0.2) is 9.97 Å². The Bertz CT molecular complexity index is 1340. The maximum Gasteiger partial charge on any atom is 0.417 e. The number of hydrogen-bond donors (Lipinski definition) is 2. The third kappa shape index (κ3) is 4.51. The van der Waals surface area contributed by atoms with Crippen molar-refractivity contribution in [1.82, 2.24) is 19.9 Å². The number of carbonyl (C=O) groups excluding carboxylic acids is 1. The molecule has 2 aromatic carbocycles. The van der Waals surface area contributed by atoms with Crippen LogP contribution >= 0.6 is 0 Å². The molecule has 0 bridgehead atoms. The summed E-state index contributed by atoms with van der Waals surface area (Å²) < 4.78 is 40.5. The summed E-state index contributed by atoms with van der Waals surface area (Å²) in [5.74, 6) is 0.0318. The van der Waals surface area contributed by atoms with E-state index in [-0.39, 0.29) is 17.0 Å². The SMILES string of the molecule is O=C(Nc1cccc(CN2CCCC2)n1)c1cccc2[nH]c(-c3ccccc3C(F)(F)F)nc12. The molecule has 34 heavy (non-hydrogen) atoms. The van der Waals surface area contributed by atoms with Gasteiger partial charge in [-0.1, -0.05) is 30.3 Å². The predicted octanol–water partition coefficient (Wildman–Crippen LogP) is 5.49. The number of para-hydroxylation sites is 1. The highest BCUT2D eigenvalue weighted by Crippen LogP contribution is 2.36. The number of halogens is 3. The lowest BCUT2D eigenvalue weighted by molar-refractivity contribution is -0.137. The van der Waals surface area contributed by atoms with Crippen molar-refractivity contribution in [3.63, 3.8) is 0 Å². The molecule has 174 valence electrons. The first-order chi connectivity index (χ1) is 16.4. The molecule has 0 saturated carbocycles. The molecule has 2 N–H and O–H groups in total. The molecule has 6 nitrogen and oxygen atoms in total. The molecule has 5 rings (SSSR count). The van der Waals surface area contributed by atoms with E-state index < -0.39 is 17.6 Å². The van der Waals surface area contributed by atoms with Crippen LogP contribution in [-0.2, 0) is 12.7 Å². The summed E-state index contributed by atoms with van der Waals surface area (Å²) in [4.78, 5) is 27.2. The van der Waals surface area contributed by atoms with Crippen LogP contribution in [0, 0.1) is 0 Å². The van der Waals surface area contributed by atoms with E-state index in [0.29, 0.717) is 16.9 Å². The van der Waals surface area contributed by atoms with Crippen molar-refractivity contribution in [3.05, 3.63) is 77.5 Å². The van der Waals surface area contributed by atoms with E-state index in [4.69, 9.17) is 0 Å². The zero-order chi connectivity index (χ0) is 23.7. The van der Waals surface area contributed by atoms with Gasteiger partial charge in [-0.15, -0.1) is 0 Å². The molecule has 1 aliphatic heterocycles. The maximum absolute atomic E-state index is 13.5. The smallest absolute Gasteiger partial charge is 0.338 e. The number of imidazole rings is 1. The zero-order valence-corrected chi connectivity index (χ0v) is 18.2. The lowest BCUT2D eigenvalue weighted by Gasteiger charge is -2.14. The van der Waals surface area contributed by atoms with Gasteiger partial charge in [-0.3, -0.25) is 9.69 Å². The molecular formula is C25H22F3N5O. The van der Waals surface area contributed by atoms with Crippen LogP contribution in [0.5, 0.6) is 0 Å². The van der Waals surface area contributed by atoms with Crippen LogP contribution in [0.1, 0.15) is 34.5 Å². The Morgan fingerprint density at radius 2 is 1.74 bits per heavy atom. The second-order valence-electron chi connectivity index (χ2n) is 8.28. The fourth-order valence-corrected chi connectivity index (χ4v) is 4.27. The summed E-state index contributed by atoms with van der Waals surface area (Å²) in [5.41, 5.74) is 1.00. The number of likely N-dealkylation sites (tertiary alicyclic amines) is 1. The van der Waals surface area contributed by atoms with E-state index in [0.717, 1.165) is 31.4 Å². The van der Waals surface area contributed by atoms with Crippen molar-refractivity contribution in [2.24, 2.45) is 0 Å². The minimum absolute atomic E-state index is 0.0499. The minimum atomic E-state index is -4.53. The number of benzene rings is 2. The molecule has 0 radical (unpaired) electrons. The van der Waals surface area contributed by atoms with Gasteiger partial charge in [0.15, 0.2) is 0 Å². The molecule has 1 aliphatic rings. The largest absolute Gasteiger partial charge is 0.417 e. The Morgan fingerprint density at radius 1 is 0.971 bits per heavy atom. The van der Waals surface area contributed by atoms with Crippen LogP contribution in [0.15, 0.2) is 60.7 Å². The topological polar surface area (TPSA) is 73.9 Å². The first kappa shape index (κ1) is 22.1. The zero-order valence-electron chi connectivity index (χ0n) is 18.2. The molecule has 4 aromatic rings. The van der Waals surface area contributed by atoms with Gasteiger partial charge >= 0.3 is 6.18 Å². The monoisotopic (exact) mass is 465 g/mol. The predicted molar refractivity (Wildman–Crippen MR) is 123 cm³/mol. The lowest BCUT2D eigenvalue weighted by Crippen LogP contribution is -2.20. The fraction of sp³-hybridized carbons (Fsp3) is 0.240. The van der Waals surface area contributed by atoms with Crippen LogP contribution < -0.4 is 5.32 Å². The van der Waals surface area contributed by atoms with Crippen molar-refractivity contribution < 1.29 is 18.0 Å². The Kier molecular flexibility index (Phi) is 5.79. The lowest BCUT2D eigenvalue weighted by atomic mass is 10.1. The number of hydrogen-bond acceptors (Lipinski definition) is 4. The van der Waals surface area contributed by atoms with E-state index in [1.165, 1.54) is 31.0 Å². The third-order valence-corrected chi connectivity index (χ3v) is 5.88. The van der Waals surface area contributed by atoms with Crippen LogP contribution in [0.25, 0.3) is 22.4 Å². The van der Waals surface area contributed by atoms with Crippen molar-refractivity contribution in [2.75, 3.05) is 18.4 Å². The van der Waals surface area contributed by atoms with E-state index in [9.17, 15) is 18.0 Å². The molecule has 0 aliphatic carbocycles. The highest BCUT2D eigenvalue weighted by atomic mass is 19.4. The molecule has 1 amide bonds. The second kappa shape index (κ2) is 8.90. The molecule has 1 fully saturated rings. The fourth-order valence-electron chi connectivity index (χ4n) is 4.27. The molecule has 1 saturated heterocycles. The molecule has 0 unspecified atom stereocenters. The number of nitrogens with one attached hydrogen (secondary N) is 2. The van der Waals surface area contributed by atoms with E-state index in [1.54, 1.807) is 24.3 Å². The number of aromatic nitrogens is 3. The van der Waals surface area contributed by atoms with E-state index >= 15 is 0 Å². The van der Waals surface area contributed by atoms with Gasteiger partial charge in [-0.2, -0.15) is 13.2 Å². The molecule has 9 heteroatoms. The van der Waals surface area contributed by atoms with Gasteiger partial charge in [-0.05, 0) is 56.3 Å². The molecule has 0 atom stereocenters. The summed E-state index contributed by atoms with van der Waals surface area (Å²) in [5, 5.41) is 2.80. The van der Waals surface area contributed by atoms with Crippen LogP contribution in [0.4, 0.5) is 19.0 Å². The number of nitrogens with zero attached hydrogens (tertiary/aromatic N) is 3. The van der Waals surface area contributed by atoms with Crippen LogP contribution in [0.3, 0.4) is 0 Å². The Labute approximate surface area is 193 Å². The summed E-state index contributed by atoms with van der Waals surface area (Å²) >= 11 is 0. The van der Waals surface area contributed by atoms with Gasteiger partial charge in [0.05, 0.1) is 22.3 Å². The molecule has 0 spiro atoms. The summed E-state index contributed by atoms with van der Waals surface area (Å²) in [7, 11) is 0. The normalized spacial score (nSPS) is 14.6. The van der Waals surface area contributed by atoms with Crippen molar-refractivity contribution in [3.8, 4) is 11.4 Å². The van der Waals surface area contributed by atoms with Gasteiger partial charge in [0.2, 0.25) is 0 Å². The Morgan fingerprint density at radius 3 is 2.53 bits per heavy atom. The number of fused-ring (bicyclic) bond motifs is 1. The molecule has 2 aromatic heterocycles. The highest BCUT2D eigenvalue weighted by Gasteiger charge is 2.34. The average molecular weight is 465 g/mol. The maximum atomic E-state index is 13.5. The molecular weight excluding hydrogens is 443 g/mol. The van der Waals surface area contributed by atoms with Crippen molar-refractivity contribution in [1.29, 1.82) is 0 Å². The number of amides is 1. The van der Waals surface area contributed by atoms with E-state index in [1.807, 2.05) is 12.1 Å². The van der Waals surface area contributed by atoms with Crippen LogP contribution in [0.2, 0.25) is 0 Å². The first-order valence-corrected chi connectivity index (χ1v) is 11.0. The quantitative estimate of drug-likeness (QED) is 0.409. The third-order valence-electron chi connectivity index (χ3n) is 5.88.